The van der Waals surface area contributed by atoms with Gasteiger partial charge in [-0.1, -0.05) is 57.0 Å². The third kappa shape index (κ3) is 2.49. The van der Waals surface area contributed by atoms with Gasteiger partial charge in [0.2, 0.25) is 0 Å². The number of hydrogen-bond acceptors (Lipinski definition) is 2. The zero-order valence-electron chi connectivity index (χ0n) is 12.4. The van der Waals surface area contributed by atoms with Crippen molar-refractivity contribution in [2.75, 3.05) is 0 Å². The van der Waals surface area contributed by atoms with Crippen LogP contribution in [0.1, 0.15) is 51.8 Å². The maximum Gasteiger partial charge on any atom is 0.181 e. The van der Waals surface area contributed by atoms with E-state index in [1.807, 2.05) is 18.2 Å². The molecule has 0 radical (unpaired) electrons. The lowest BCUT2D eigenvalue weighted by molar-refractivity contribution is 0.330. The van der Waals surface area contributed by atoms with Crippen LogP contribution in [-0.2, 0) is 5.41 Å². The molecule has 3 heteroatoms. The van der Waals surface area contributed by atoms with Gasteiger partial charge >= 0.3 is 0 Å². The topological polar surface area (TPSA) is 41.6 Å². The van der Waals surface area contributed by atoms with Gasteiger partial charge in [-0.2, -0.15) is 5.10 Å². The average molecular weight is 269 g/mol. The zero-order chi connectivity index (χ0) is 14.0. The van der Waals surface area contributed by atoms with Crippen molar-refractivity contribution in [2.24, 2.45) is 5.92 Å². The number of nitrogens with zero attached hydrogens (tertiary/aromatic N) is 2. The van der Waals surface area contributed by atoms with Crippen molar-refractivity contribution in [1.82, 2.24) is 15.2 Å². The van der Waals surface area contributed by atoms with Gasteiger partial charge in [0.1, 0.15) is 5.82 Å². The molecular formula is C17H23N3. The van der Waals surface area contributed by atoms with Gasteiger partial charge in [0.05, 0.1) is 0 Å². The van der Waals surface area contributed by atoms with Crippen LogP contribution in [0.4, 0.5) is 0 Å². The highest BCUT2D eigenvalue weighted by molar-refractivity contribution is 5.54. The molecule has 1 saturated carbocycles. The highest BCUT2D eigenvalue weighted by Crippen LogP contribution is 2.44. The van der Waals surface area contributed by atoms with Crippen LogP contribution in [0.5, 0.6) is 0 Å². The SMILES string of the molecule is CC(C)CC1(c2nc(-c3ccccc3)n[nH]2)CCCC1. The smallest absolute Gasteiger partial charge is 0.181 e. The molecule has 0 unspecified atom stereocenters. The molecule has 106 valence electrons. The van der Waals surface area contributed by atoms with Crippen molar-refractivity contribution in [3.05, 3.63) is 36.2 Å². The van der Waals surface area contributed by atoms with Crippen LogP contribution < -0.4 is 0 Å². The van der Waals surface area contributed by atoms with E-state index in [1.54, 1.807) is 0 Å². The summed E-state index contributed by atoms with van der Waals surface area (Å²) in [5, 5.41) is 7.68. The Labute approximate surface area is 120 Å². The predicted octanol–water partition coefficient (Wildman–Crippen LogP) is 4.33. The molecule has 3 rings (SSSR count). The Hall–Kier alpha value is -1.64. The number of rotatable bonds is 4. The van der Waals surface area contributed by atoms with Crippen LogP contribution in [-0.4, -0.2) is 15.2 Å². The fraction of sp³-hybridized carbons (Fsp3) is 0.529. The van der Waals surface area contributed by atoms with E-state index in [0.29, 0.717) is 5.92 Å². The van der Waals surface area contributed by atoms with E-state index in [9.17, 15) is 0 Å². The fourth-order valence-electron chi connectivity index (χ4n) is 3.59. The molecule has 0 amide bonds. The number of aromatic nitrogens is 3. The Morgan fingerprint density at radius 3 is 2.50 bits per heavy atom. The Balaban J connectivity index is 1.92. The summed E-state index contributed by atoms with van der Waals surface area (Å²) in [6, 6.07) is 10.2. The summed E-state index contributed by atoms with van der Waals surface area (Å²) in [6.45, 7) is 4.60. The minimum atomic E-state index is 0.230. The predicted molar refractivity (Wildman–Crippen MR) is 81.4 cm³/mol. The highest BCUT2D eigenvalue weighted by Gasteiger charge is 2.39. The van der Waals surface area contributed by atoms with Crippen molar-refractivity contribution in [2.45, 2.75) is 51.4 Å². The lowest BCUT2D eigenvalue weighted by Gasteiger charge is -2.28. The van der Waals surface area contributed by atoms with Crippen LogP contribution in [0.3, 0.4) is 0 Å². The van der Waals surface area contributed by atoms with Crippen molar-refractivity contribution in [1.29, 1.82) is 0 Å². The first-order valence-electron chi connectivity index (χ1n) is 7.68. The summed E-state index contributed by atoms with van der Waals surface area (Å²) in [4.78, 5) is 4.82. The Bertz CT molecular complexity index is 551. The van der Waals surface area contributed by atoms with Gasteiger partial charge < -0.3 is 0 Å². The first-order valence-corrected chi connectivity index (χ1v) is 7.68. The van der Waals surface area contributed by atoms with Crippen molar-refractivity contribution < 1.29 is 0 Å². The van der Waals surface area contributed by atoms with E-state index in [1.165, 1.54) is 32.1 Å². The Morgan fingerprint density at radius 1 is 1.15 bits per heavy atom. The molecule has 1 aromatic carbocycles. The standard InChI is InChI=1S/C17H23N3/c1-13(2)12-17(10-6-7-11-17)16-18-15(19-20-16)14-8-4-3-5-9-14/h3-5,8-9,13H,6-7,10-12H2,1-2H3,(H,18,19,20). The number of aromatic amines is 1. The largest absolute Gasteiger partial charge is 0.262 e. The minimum Gasteiger partial charge on any atom is -0.262 e. The molecule has 3 nitrogen and oxygen atoms in total. The van der Waals surface area contributed by atoms with Gasteiger partial charge in [0.15, 0.2) is 5.82 Å². The Kier molecular flexibility index (Phi) is 3.60. The lowest BCUT2D eigenvalue weighted by Crippen LogP contribution is -2.26. The normalized spacial score (nSPS) is 17.8. The molecule has 1 N–H and O–H groups in total. The quantitative estimate of drug-likeness (QED) is 0.897. The molecule has 1 aromatic heterocycles. The molecule has 0 atom stereocenters. The number of H-pyrrole nitrogens is 1. The van der Waals surface area contributed by atoms with Crippen LogP contribution in [0.15, 0.2) is 30.3 Å². The Morgan fingerprint density at radius 2 is 1.85 bits per heavy atom. The second-order valence-corrected chi connectivity index (χ2v) is 6.46. The summed E-state index contributed by atoms with van der Waals surface area (Å²) in [6.07, 6.45) is 6.32. The van der Waals surface area contributed by atoms with Gasteiger partial charge in [-0.05, 0) is 25.2 Å². The summed E-state index contributed by atoms with van der Waals surface area (Å²) < 4.78 is 0. The van der Waals surface area contributed by atoms with Crippen molar-refractivity contribution >= 4 is 0 Å². The van der Waals surface area contributed by atoms with Gasteiger partial charge in [0.25, 0.3) is 0 Å². The van der Waals surface area contributed by atoms with Gasteiger partial charge in [-0.3, -0.25) is 5.10 Å². The van der Waals surface area contributed by atoms with E-state index < -0.39 is 0 Å². The van der Waals surface area contributed by atoms with Crippen LogP contribution in [0.2, 0.25) is 0 Å². The molecule has 1 heterocycles. The maximum absolute atomic E-state index is 4.82. The average Bonchev–Trinajstić information content (AvgIpc) is 3.08. The monoisotopic (exact) mass is 269 g/mol. The number of hydrogen-bond donors (Lipinski definition) is 1. The van der Waals surface area contributed by atoms with Crippen LogP contribution >= 0.6 is 0 Å². The second kappa shape index (κ2) is 5.39. The van der Waals surface area contributed by atoms with Crippen molar-refractivity contribution in [3.8, 4) is 11.4 Å². The molecule has 2 aromatic rings. The zero-order valence-corrected chi connectivity index (χ0v) is 12.4. The van der Waals surface area contributed by atoms with Gasteiger partial charge in [0, 0.05) is 11.0 Å². The molecule has 0 saturated heterocycles. The van der Waals surface area contributed by atoms with E-state index in [0.717, 1.165) is 17.2 Å². The molecule has 20 heavy (non-hydrogen) atoms. The van der Waals surface area contributed by atoms with E-state index >= 15 is 0 Å². The second-order valence-electron chi connectivity index (χ2n) is 6.46. The van der Waals surface area contributed by atoms with E-state index in [-0.39, 0.29) is 5.41 Å². The van der Waals surface area contributed by atoms with Crippen molar-refractivity contribution in [3.63, 3.8) is 0 Å². The molecule has 1 aliphatic carbocycles. The molecule has 0 aliphatic heterocycles. The third-order valence-electron chi connectivity index (χ3n) is 4.38. The summed E-state index contributed by atoms with van der Waals surface area (Å²) in [5.74, 6) is 2.62. The maximum atomic E-state index is 4.82. The van der Waals surface area contributed by atoms with Gasteiger partial charge in [-0.15, -0.1) is 0 Å². The summed E-state index contributed by atoms with van der Waals surface area (Å²) >= 11 is 0. The highest BCUT2D eigenvalue weighted by atomic mass is 15.2. The first-order chi connectivity index (χ1) is 9.70. The minimum absolute atomic E-state index is 0.230. The van der Waals surface area contributed by atoms with E-state index in [2.05, 4.69) is 36.2 Å². The van der Waals surface area contributed by atoms with Crippen LogP contribution in [0, 0.1) is 5.92 Å². The lowest BCUT2D eigenvalue weighted by atomic mass is 9.78. The summed E-state index contributed by atoms with van der Waals surface area (Å²) in [5.41, 5.74) is 1.32. The fourth-order valence-corrected chi connectivity index (χ4v) is 3.59. The molecule has 1 fully saturated rings. The van der Waals surface area contributed by atoms with Gasteiger partial charge in [-0.25, -0.2) is 4.98 Å². The molecule has 0 spiro atoms. The molecule has 0 bridgehead atoms. The number of nitrogens with one attached hydrogen (secondary N) is 1. The summed E-state index contributed by atoms with van der Waals surface area (Å²) in [7, 11) is 0. The number of benzene rings is 1. The molecular weight excluding hydrogens is 246 g/mol. The molecule has 1 aliphatic rings. The first kappa shape index (κ1) is 13.3. The van der Waals surface area contributed by atoms with Crippen LogP contribution in [0.25, 0.3) is 11.4 Å². The third-order valence-corrected chi connectivity index (χ3v) is 4.38. The van der Waals surface area contributed by atoms with E-state index in [4.69, 9.17) is 4.98 Å².